The van der Waals surface area contributed by atoms with Crippen LogP contribution in [0.15, 0.2) is 48.5 Å². The SMILES string of the molecule is COc1ccccc1OC(Cc1cccc(Cl)c1)C(=O)O. The summed E-state index contributed by atoms with van der Waals surface area (Å²) < 4.78 is 10.7. The van der Waals surface area contributed by atoms with E-state index in [9.17, 15) is 9.90 Å². The van der Waals surface area contributed by atoms with Gasteiger partial charge in [0.05, 0.1) is 7.11 Å². The molecule has 21 heavy (non-hydrogen) atoms. The Hall–Kier alpha value is -2.20. The third-order valence-corrected chi connectivity index (χ3v) is 3.16. The molecule has 0 aliphatic heterocycles. The van der Waals surface area contributed by atoms with Crippen molar-refractivity contribution in [3.8, 4) is 11.5 Å². The van der Waals surface area contributed by atoms with E-state index in [1.54, 1.807) is 42.5 Å². The first-order chi connectivity index (χ1) is 10.1. The third-order valence-electron chi connectivity index (χ3n) is 2.92. The molecule has 0 aromatic heterocycles. The molecule has 0 bridgehead atoms. The van der Waals surface area contributed by atoms with Crippen LogP contribution in [-0.2, 0) is 11.2 Å². The highest BCUT2D eigenvalue weighted by Crippen LogP contribution is 2.27. The number of aliphatic carboxylic acids is 1. The lowest BCUT2D eigenvalue weighted by atomic mass is 10.1. The summed E-state index contributed by atoms with van der Waals surface area (Å²) in [5, 5.41) is 9.89. The van der Waals surface area contributed by atoms with Gasteiger partial charge in [0.25, 0.3) is 0 Å². The van der Waals surface area contributed by atoms with E-state index in [-0.39, 0.29) is 6.42 Å². The van der Waals surface area contributed by atoms with Gasteiger partial charge >= 0.3 is 5.97 Å². The van der Waals surface area contributed by atoms with E-state index in [2.05, 4.69) is 0 Å². The second-order valence-electron chi connectivity index (χ2n) is 4.43. The maximum absolute atomic E-state index is 11.4. The number of carbonyl (C=O) groups is 1. The molecule has 0 amide bonds. The van der Waals surface area contributed by atoms with Crippen LogP contribution in [0.25, 0.3) is 0 Å². The van der Waals surface area contributed by atoms with E-state index >= 15 is 0 Å². The van der Waals surface area contributed by atoms with E-state index in [1.807, 2.05) is 6.07 Å². The van der Waals surface area contributed by atoms with Crippen LogP contribution >= 0.6 is 11.6 Å². The summed E-state index contributed by atoms with van der Waals surface area (Å²) in [4.78, 5) is 11.4. The van der Waals surface area contributed by atoms with Crippen LogP contribution < -0.4 is 9.47 Å². The molecule has 4 nitrogen and oxygen atoms in total. The van der Waals surface area contributed by atoms with Crippen LogP contribution in [-0.4, -0.2) is 24.3 Å². The number of hydrogen-bond donors (Lipinski definition) is 1. The van der Waals surface area contributed by atoms with Gasteiger partial charge < -0.3 is 14.6 Å². The van der Waals surface area contributed by atoms with E-state index < -0.39 is 12.1 Å². The molecule has 0 saturated carbocycles. The zero-order valence-electron chi connectivity index (χ0n) is 11.5. The van der Waals surface area contributed by atoms with Gasteiger partial charge in [0, 0.05) is 11.4 Å². The molecular weight excluding hydrogens is 292 g/mol. The number of carboxylic acid groups (broad SMARTS) is 1. The Kier molecular flexibility index (Phi) is 5.06. The van der Waals surface area contributed by atoms with Crippen molar-refractivity contribution in [2.75, 3.05) is 7.11 Å². The molecule has 2 rings (SSSR count). The summed E-state index contributed by atoms with van der Waals surface area (Å²) in [6, 6.07) is 14.0. The molecule has 1 unspecified atom stereocenters. The lowest BCUT2D eigenvalue weighted by molar-refractivity contribution is -0.145. The van der Waals surface area contributed by atoms with Gasteiger partial charge in [0.15, 0.2) is 17.6 Å². The number of rotatable bonds is 6. The molecule has 0 spiro atoms. The van der Waals surface area contributed by atoms with Crippen molar-refractivity contribution < 1.29 is 19.4 Å². The van der Waals surface area contributed by atoms with Crippen LogP contribution in [0, 0.1) is 0 Å². The summed E-state index contributed by atoms with van der Waals surface area (Å²) in [5.41, 5.74) is 0.796. The number of methoxy groups -OCH3 is 1. The fourth-order valence-electron chi connectivity index (χ4n) is 1.93. The van der Waals surface area contributed by atoms with E-state index in [1.165, 1.54) is 7.11 Å². The summed E-state index contributed by atoms with van der Waals surface area (Å²) in [7, 11) is 1.51. The molecule has 0 fully saturated rings. The number of carboxylic acids is 1. The fourth-order valence-corrected chi connectivity index (χ4v) is 2.14. The normalized spacial score (nSPS) is 11.7. The number of ether oxygens (including phenoxy) is 2. The number of halogens is 1. The second-order valence-corrected chi connectivity index (χ2v) is 4.87. The van der Waals surface area contributed by atoms with Crippen LogP contribution in [0.1, 0.15) is 5.56 Å². The van der Waals surface area contributed by atoms with Crippen molar-refractivity contribution in [1.82, 2.24) is 0 Å². The fraction of sp³-hybridized carbons (Fsp3) is 0.188. The van der Waals surface area contributed by atoms with Gasteiger partial charge in [-0.25, -0.2) is 4.79 Å². The monoisotopic (exact) mass is 306 g/mol. The maximum atomic E-state index is 11.4. The van der Waals surface area contributed by atoms with Gasteiger partial charge in [0.2, 0.25) is 0 Å². The van der Waals surface area contributed by atoms with Crippen LogP contribution in [0.2, 0.25) is 5.02 Å². The maximum Gasteiger partial charge on any atom is 0.345 e. The summed E-state index contributed by atoms with van der Waals surface area (Å²) in [6.45, 7) is 0. The molecular formula is C16H15ClO4. The first kappa shape index (κ1) is 15.2. The van der Waals surface area contributed by atoms with Gasteiger partial charge in [0.1, 0.15) is 0 Å². The molecule has 0 heterocycles. The summed E-state index contributed by atoms with van der Waals surface area (Å²) in [6.07, 6.45) is -0.798. The van der Waals surface area contributed by atoms with Gasteiger partial charge in [-0.1, -0.05) is 35.9 Å². The van der Waals surface area contributed by atoms with Crippen molar-refractivity contribution in [2.45, 2.75) is 12.5 Å². The molecule has 110 valence electrons. The molecule has 5 heteroatoms. The van der Waals surface area contributed by atoms with E-state index in [4.69, 9.17) is 21.1 Å². The predicted octanol–water partition coefficient (Wildman–Crippen LogP) is 3.42. The van der Waals surface area contributed by atoms with Crippen LogP contribution in [0.3, 0.4) is 0 Å². The van der Waals surface area contributed by atoms with Crippen molar-refractivity contribution in [1.29, 1.82) is 0 Å². The van der Waals surface area contributed by atoms with Gasteiger partial charge in [-0.15, -0.1) is 0 Å². The largest absolute Gasteiger partial charge is 0.493 e. The lowest BCUT2D eigenvalue weighted by Crippen LogP contribution is -2.29. The van der Waals surface area contributed by atoms with Crippen molar-refractivity contribution in [2.24, 2.45) is 0 Å². The number of hydrogen-bond acceptors (Lipinski definition) is 3. The Morgan fingerprint density at radius 1 is 1.19 bits per heavy atom. The predicted molar refractivity (Wildman–Crippen MR) is 80.2 cm³/mol. The van der Waals surface area contributed by atoms with Gasteiger partial charge in [-0.2, -0.15) is 0 Å². The minimum Gasteiger partial charge on any atom is -0.493 e. The zero-order valence-corrected chi connectivity index (χ0v) is 12.2. The van der Waals surface area contributed by atoms with Crippen molar-refractivity contribution in [3.05, 3.63) is 59.1 Å². The first-order valence-corrected chi connectivity index (χ1v) is 6.75. The average Bonchev–Trinajstić information content (AvgIpc) is 2.47. The zero-order chi connectivity index (χ0) is 15.2. The number of para-hydroxylation sites is 2. The Labute approximate surface area is 127 Å². The minimum absolute atomic E-state index is 0.216. The summed E-state index contributed by atoms with van der Waals surface area (Å²) >= 11 is 5.91. The van der Waals surface area contributed by atoms with Crippen LogP contribution in [0.4, 0.5) is 0 Å². The van der Waals surface area contributed by atoms with Crippen molar-refractivity contribution in [3.63, 3.8) is 0 Å². The quantitative estimate of drug-likeness (QED) is 0.888. The molecule has 0 aliphatic carbocycles. The van der Waals surface area contributed by atoms with E-state index in [0.29, 0.717) is 16.5 Å². The molecule has 0 saturated heterocycles. The average molecular weight is 307 g/mol. The Morgan fingerprint density at radius 3 is 2.52 bits per heavy atom. The smallest absolute Gasteiger partial charge is 0.345 e. The molecule has 2 aromatic carbocycles. The highest BCUT2D eigenvalue weighted by molar-refractivity contribution is 6.30. The minimum atomic E-state index is -1.04. The van der Waals surface area contributed by atoms with Gasteiger partial charge in [-0.3, -0.25) is 0 Å². The second kappa shape index (κ2) is 6.99. The van der Waals surface area contributed by atoms with Crippen LogP contribution in [0.5, 0.6) is 11.5 Å². The van der Waals surface area contributed by atoms with Crippen molar-refractivity contribution >= 4 is 17.6 Å². The number of benzene rings is 2. The third kappa shape index (κ3) is 4.13. The molecule has 1 atom stereocenters. The topological polar surface area (TPSA) is 55.8 Å². The molecule has 0 radical (unpaired) electrons. The standard InChI is InChI=1S/C16H15ClO4/c1-20-13-7-2-3-8-14(13)21-15(16(18)19)10-11-5-4-6-12(17)9-11/h2-9,15H,10H2,1H3,(H,18,19). The molecule has 0 aliphatic rings. The summed E-state index contributed by atoms with van der Waals surface area (Å²) in [5.74, 6) is -0.148. The Bertz CT molecular complexity index is 627. The molecule has 1 N–H and O–H groups in total. The molecule has 2 aromatic rings. The first-order valence-electron chi connectivity index (χ1n) is 6.37. The van der Waals surface area contributed by atoms with E-state index in [0.717, 1.165) is 5.56 Å². The highest BCUT2D eigenvalue weighted by atomic mass is 35.5. The Morgan fingerprint density at radius 2 is 1.90 bits per heavy atom. The Balaban J connectivity index is 2.18. The highest BCUT2D eigenvalue weighted by Gasteiger charge is 2.21. The van der Waals surface area contributed by atoms with Gasteiger partial charge in [-0.05, 0) is 29.8 Å². The lowest BCUT2D eigenvalue weighted by Gasteiger charge is -2.17.